The first-order valence-corrected chi connectivity index (χ1v) is 4.81. The van der Waals surface area contributed by atoms with E-state index in [1.807, 2.05) is 0 Å². The normalized spacial score (nSPS) is 10.6. The zero-order chi connectivity index (χ0) is 8.78. The molecule has 0 saturated heterocycles. The molecule has 0 amide bonds. The molecule has 0 spiro atoms. The summed E-state index contributed by atoms with van der Waals surface area (Å²) >= 11 is 3.20. The number of hydrogen-bond donors (Lipinski definition) is 2. The Morgan fingerprint density at radius 2 is 1.50 bits per heavy atom. The molecule has 0 saturated carbocycles. The molecule has 0 fully saturated rings. The third kappa shape index (κ3) is 41.3. The summed E-state index contributed by atoms with van der Waals surface area (Å²) in [5, 5.41) is -0.618. The van der Waals surface area contributed by atoms with Crippen LogP contribution in [0.3, 0.4) is 0 Å². The lowest BCUT2D eigenvalue weighted by molar-refractivity contribution is -0.836. The van der Waals surface area contributed by atoms with Crippen LogP contribution in [0.4, 0.5) is 0 Å². The molecule has 6 heteroatoms. The molecule has 10 heavy (non-hydrogen) atoms. The van der Waals surface area contributed by atoms with Gasteiger partial charge in [0.25, 0.3) is 0 Å². The van der Waals surface area contributed by atoms with E-state index in [2.05, 4.69) is 33.8 Å². The van der Waals surface area contributed by atoms with Gasteiger partial charge in [-0.2, -0.15) is 12.6 Å². The van der Waals surface area contributed by atoms with Crippen LogP contribution >= 0.6 is 12.6 Å². The molecule has 0 rings (SSSR count). The third-order valence-electron chi connectivity index (χ3n) is 0.158. The second-order valence-electron chi connectivity index (χ2n) is 2.19. The lowest BCUT2D eigenvalue weighted by atomic mass is 11.0. The van der Waals surface area contributed by atoms with Gasteiger partial charge in [0.15, 0.2) is 0 Å². The molecule has 4 nitrogen and oxygen atoms in total. The van der Waals surface area contributed by atoms with E-state index in [0.717, 1.165) is 0 Å². The summed E-state index contributed by atoms with van der Waals surface area (Å²) < 4.78 is 28.1. The van der Waals surface area contributed by atoms with E-state index in [4.69, 9.17) is 0 Å². The van der Waals surface area contributed by atoms with Crippen LogP contribution in [0.2, 0.25) is 0 Å². The topological polar surface area (TPSA) is 61.6 Å². The van der Waals surface area contributed by atoms with Gasteiger partial charge in [0.2, 0.25) is 0 Å². The molecule has 64 valence electrons. The van der Waals surface area contributed by atoms with Crippen molar-refractivity contribution in [3.63, 3.8) is 0 Å². The van der Waals surface area contributed by atoms with E-state index in [0.29, 0.717) is 0 Å². The second-order valence-corrected chi connectivity index (χ2v) is 4.33. The molecule has 0 aliphatic heterocycles. The fourth-order valence-corrected chi connectivity index (χ4v) is 0. The predicted octanol–water partition coefficient (Wildman–Crippen LogP) is -1.82. The summed E-state index contributed by atoms with van der Waals surface area (Å²) in [5.74, 6) is 0. The minimum atomic E-state index is -4.05. The number of nitrogens with one attached hydrogen (secondary N) is 1. The third-order valence-corrected chi connectivity index (χ3v) is 1.42. The first kappa shape index (κ1) is 12.9. The smallest absolute Gasteiger partial charge is 0.104 e. The molecule has 0 aliphatic rings. The Bertz CT molecular complexity index is 149. The Labute approximate surface area is 67.4 Å². The molecule has 0 aromatic rings. The van der Waals surface area contributed by atoms with Crippen LogP contribution in [-0.4, -0.2) is 39.2 Å². The maximum atomic E-state index is 9.37. The van der Waals surface area contributed by atoms with E-state index in [-0.39, 0.29) is 0 Å². The highest BCUT2D eigenvalue weighted by Gasteiger charge is 1.81. The fraction of sp³-hybridized carbons (Fsp3) is 1.00. The maximum absolute atomic E-state index is 9.37. The summed E-state index contributed by atoms with van der Waals surface area (Å²) in [7, 11) is 2.20. The monoisotopic (exact) mass is 187 g/mol. The lowest BCUT2D eigenvalue weighted by Crippen LogP contribution is -3.02. The van der Waals surface area contributed by atoms with Crippen molar-refractivity contribution in [2.75, 3.05) is 26.2 Å². The number of hydrogen-bond acceptors (Lipinski definition) is 4. The van der Waals surface area contributed by atoms with Gasteiger partial charge in [-0.05, 0) is 0 Å². The minimum Gasteiger partial charge on any atom is -0.747 e. The standard InChI is InChI=1S/C3H9N.CH4O3S2/c1-4(2)3;2-6(3,4)1-5/h1-3H3;5H,1H2,(H,2,3,4). The molecule has 0 unspecified atom stereocenters. The van der Waals surface area contributed by atoms with Crippen LogP contribution in [0.5, 0.6) is 0 Å². The van der Waals surface area contributed by atoms with Crippen LogP contribution in [0.1, 0.15) is 0 Å². The van der Waals surface area contributed by atoms with Gasteiger partial charge in [0.1, 0.15) is 10.1 Å². The molecule has 0 aromatic heterocycles. The van der Waals surface area contributed by atoms with Crippen molar-refractivity contribution in [1.29, 1.82) is 0 Å². The predicted molar refractivity (Wildman–Crippen MR) is 42.3 cm³/mol. The largest absolute Gasteiger partial charge is 0.747 e. The van der Waals surface area contributed by atoms with E-state index >= 15 is 0 Å². The average molecular weight is 187 g/mol. The van der Waals surface area contributed by atoms with E-state index in [1.165, 1.54) is 4.90 Å². The Kier molecular flexibility index (Phi) is 7.67. The van der Waals surface area contributed by atoms with E-state index in [9.17, 15) is 13.0 Å². The van der Waals surface area contributed by atoms with Crippen LogP contribution in [0, 0.1) is 0 Å². The molecular formula is C4H13NO3S2. The van der Waals surface area contributed by atoms with Gasteiger partial charge in [-0.15, -0.1) is 0 Å². The van der Waals surface area contributed by atoms with Gasteiger partial charge in [-0.1, -0.05) is 0 Å². The van der Waals surface area contributed by atoms with Crippen LogP contribution in [0.25, 0.3) is 0 Å². The highest BCUT2D eigenvalue weighted by molar-refractivity contribution is 8.00. The maximum Gasteiger partial charge on any atom is 0.104 e. The zero-order valence-electron chi connectivity index (χ0n) is 6.29. The van der Waals surface area contributed by atoms with Crippen LogP contribution in [0.15, 0.2) is 0 Å². The highest BCUT2D eigenvalue weighted by Crippen LogP contribution is 1.81. The SMILES string of the molecule is C[NH+](C)C.O=S(=O)([O-])CS. The Morgan fingerprint density at radius 3 is 1.50 bits per heavy atom. The molecule has 0 heterocycles. The van der Waals surface area contributed by atoms with Crippen LogP contribution < -0.4 is 4.90 Å². The zero-order valence-corrected chi connectivity index (χ0v) is 8.00. The van der Waals surface area contributed by atoms with Crippen LogP contribution in [-0.2, 0) is 10.1 Å². The Hall–Kier alpha value is 0.220. The average Bonchev–Trinajstić information content (AvgIpc) is 1.63. The van der Waals surface area contributed by atoms with Crippen molar-refractivity contribution in [2.24, 2.45) is 0 Å². The summed E-state index contributed by atoms with van der Waals surface area (Å²) in [6.45, 7) is 0. The summed E-state index contributed by atoms with van der Waals surface area (Å²) in [6, 6.07) is 0. The molecule has 0 atom stereocenters. The Balaban J connectivity index is 0. The fourth-order valence-electron chi connectivity index (χ4n) is 0. The summed E-state index contributed by atoms with van der Waals surface area (Å²) in [4.78, 5) is 1.42. The quantitative estimate of drug-likeness (QED) is 0.375. The van der Waals surface area contributed by atoms with Gasteiger partial charge >= 0.3 is 0 Å². The summed E-state index contributed by atoms with van der Waals surface area (Å²) in [6.07, 6.45) is 0. The number of quaternary nitrogens is 1. The van der Waals surface area contributed by atoms with Crippen molar-refractivity contribution in [3.8, 4) is 0 Å². The molecular weight excluding hydrogens is 174 g/mol. The number of thiol groups is 1. The molecule has 1 N–H and O–H groups in total. The summed E-state index contributed by atoms with van der Waals surface area (Å²) in [5.41, 5.74) is 0. The van der Waals surface area contributed by atoms with Gasteiger partial charge in [-0.3, -0.25) is 0 Å². The lowest BCUT2D eigenvalue weighted by Gasteiger charge is -1.97. The highest BCUT2D eigenvalue weighted by atomic mass is 32.3. The first-order chi connectivity index (χ1) is 4.29. The van der Waals surface area contributed by atoms with Crippen molar-refractivity contribution in [3.05, 3.63) is 0 Å². The van der Waals surface area contributed by atoms with Gasteiger partial charge < -0.3 is 9.45 Å². The van der Waals surface area contributed by atoms with Crippen molar-refractivity contribution in [1.82, 2.24) is 0 Å². The van der Waals surface area contributed by atoms with E-state index in [1.54, 1.807) is 0 Å². The first-order valence-electron chi connectivity index (χ1n) is 2.60. The molecule has 0 radical (unpaired) electrons. The molecule has 0 aromatic carbocycles. The van der Waals surface area contributed by atoms with Crippen molar-refractivity contribution >= 4 is 22.7 Å². The van der Waals surface area contributed by atoms with Gasteiger partial charge in [-0.25, -0.2) is 8.42 Å². The van der Waals surface area contributed by atoms with Gasteiger partial charge in [0.05, 0.1) is 26.2 Å². The molecule has 0 aliphatic carbocycles. The van der Waals surface area contributed by atoms with Gasteiger partial charge in [0, 0.05) is 0 Å². The second kappa shape index (κ2) is 5.96. The van der Waals surface area contributed by atoms with E-state index < -0.39 is 15.2 Å². The Morgan fingerprint density at radius 1 is 1.40 bits per heavy atom. The van der Waals surface area contributed by atoms with Crippen molar-refractivity contribution < 1.29 is 17.9 Å². The minimum absolute atomic E-state index is 0.618. The molecule has 0 bridgehead atoms. The van der Waals surface area contributed by atoms with Crippen molar-refractivity contribution in [2.45, 2.75) is 0 Å². The number of rotatable bonds is 1.